The number of pyridine rings is 2. The summed E-state index contributed by atoms with van der Waals surface area (Å²) in [5.74, 6) is 0. The Kier molecular flexibility index (Phi) is 7.55. The van der Waals surface area contributed by atoms with Crippen LogP contribution < -0.4 is 10.5 Å². The summed E-state index contributed by atoms with van der Waals surface area (Å²) in [6.07, 6.45) is 2.95. The Labute approximate surface area is 218 Å². The van der Waals surface area contributed by atoms with E-state index in [9.17, 15) is 13.6 Å². The topological polar surface area (TPSA) is 66.4 Å². The van der Waals surface area contributed by atoms with Crippen molar-refractivity contribution in [2.45, 2.75) is 12.5 Å². The fraction of sp³-hybridized carbons (Fsp3) is 0.333. The molecule has 194 valence electrons. The van der Waals surface area contributed by atoms with E-state index in [4.69, 9.17) is 16.3 Å². The molecule has 0 amide bonds. The second-order valence-corrected chi connectivity index (χ2v) is 9.67. The van der Waals surface area contributed by atoms with Crippen LogP contribution in [0.25, 0.3) is 22.2 Å². The summed E-state index contributed by atoms with van der Waals surface area (Å²) >= 11 is 6.21. The van der Waals surface area contributed by atoms with E-state index in [-0.39, 0.29) is 12.1 Å². The molecule has 0 radical (unpaired) electrons. The van der Waals surface area contributed by atoms with Gasteiger partial charge in [0, 0.05) is 54.1 Å². The highest BCUT2D eigenvalue weighted by atomic mass is 35.5. The van der Waals surface area contributed by atoms with E-state index < -0.39 is 19.0 Å². The number of benzene rings is 1. The Morgan fingerprint density at radius 1 is 1.16 bits per heavy atom. The van der Waals surface area contributed by atoms with Crippen LogP contribution in [-0.4, -0.2) is 72.3 Å². The molecule has 1 aliphatic rings. The number of hydrogen-bond donors (Lipinski definition) is 1. The lowest BCUT2D eigenvalue weighted by molar-refractivity contribution is 0.0959. The maximum absolute atomic E-state index is 13.4. The molecule has 4 heterocycles. The summed E-state index contributed by atoms with van der Waals surface area (Å²) < 4.78 is 33.1. The van der Waals surface area contributed by atoms with Gasteiger partial charge in [0.1, 0.15) is 5.65 Å². The SMILES string of the molecule is CN(CC(F)F)C[C@H](c1cccc(Cl)c1)n1ccc(-c2c[nH]c3ncc(N4CCOCC4)cc23)cc1=O. The maximum Gasteiger partial charge on any atom is 0.251 e. The van der Waals surface area contributed by atoms with Gasteiger partial charge in [-0.15, -0.1) is 0 Å². The predicted molar refractivity (Wildman–Crippen MR) is 142 cm³/mol. The van der Waals surface area contributed by atoms with Crippen LogP contribution in [0.4, 0.5) is 14.5 Å². The molecule has 1 N–H and O–H groups in total. The molecule has 1 saturated heterocycles. The number of rotatable bonds is 8. The second kappa shape index (κ2) is 11.0. The van der Waals surface area contributed by atoms with E-state index in [1.54, 1.807) is 42.1 Å². The minimum atomic E-state index is -2.47. The predicted octanol–water partition coefficient (Wildman–Crippen LogP) is 4.67. The molecule has 7 nitrogen and oxygen atoms in total. The lowest BCUT2D eigenvalue weighted by Gasteiger charge is -2.28. The van der Waals surface area contributed by atoms with Gasteiger partial charge in [-0.25, -0.2) is 13.8 Å². The molecule has 1 aliphatic heterocycles. The second-order valence-electron chi connectivity index (χ2n) is 9.24. The first-order valence-corrected chi connectivity index (χ1v) is 12.5. The van der Waals surface area contributed by atoms with E-state index in [1.165, 1.54) is 4.90 Å². The van der Waals surface area contributed by atoms with Gasteiger partial charge < -0.3 is 19.2 Å². The van der Waals surface area contributed by atoms with Crippen LogP contribution in [0.15, 0.2) is 65.8 Å². The van der Waals surface area contributed by atoms with Crippen molar-refractivity contribution in [2.75, 3.05) is 51.3 Å². The normalized spacial score (nSPS) is 15.1. The van der Waals surface area contributed by atoms with Crippen molar-refractivity contribution in [3.63, 3.8) is 0 Å². The highest BCUT2D eigenvalue weighted by Crippen LogP contribution is 2.31. The molecule has 4 aromatic rings. The van der Waals surface area contributed by atoms with Crippen molar-refractivity contribution in [2.24, 2.45) is 0 Å². The van der Waals surface area contributed by atoms with E-state index in [0.29, 0.717) is 18.2 Å². The lowest BCUT2D eigenvalue weighted by Crippen LogP contribution is -2.36. The first-order valence-electron chi connectivity index (χ1n) is 12.1. The molecule has 0 aliphatic carbocycles. The Hall–Kier alpha value is -3.27. The average molecular weight is 528 g/mol. The van der Waals surface area contributed by atoms with Crippen molar-refractivity contribution < 1.29 is 13.5 Å². The number of morpholine rings is 1. The Balaban J connectivity index is 1.50. The molecule has 1 aromatic carbocycles. The summed E-state index contributed by atoms with van der Waals surface area (Å²) in [6.45, 7) is 2.79. The molecule has 10 heteroatoms. The van der Waals surface area contributed by atoms with Crippen LogP contribution in [0.3, 0.4) is 0 Å². The first-order chi connectivity index (χ1) is 17.9. The summed E-state index contributed by atoms with van der Waals surface area (Å²) in [5, 5.41) is 1.44. The van der Waals surface area contributed by atoms with Crippen LogP contribution in [0.1, 0.15) is 11.6 Å². The number of aromatic amines is 1. The van der Waals surface area contributed by atoms with Gasteiger partial charge in [-0.2, -0.15) is 0 Å². The average Bonchev–Trinajstić information content (AvgIpc) is 3.31. The van der Waals surface area contributed by atoms with Crippen LogP contribution in [-0.2, 0) is 4.74 Å². The molecule has 1 fully saturated rings. The van der Waals surface area contributed by atoms with E-state index in [1.807, 2.05) is 24.5 Å². The molecule has 5 rings (SSSR count). The Bertz CT molecular complexity index is 1430. The molecule has 1 atom stereocenters. The number of H-pyrrole nitrogens is 1. The molecule has 0 bridgehead atoms. The number of aromatic nitrogens is 3. The summed E-state index contributed by atoms with van der Waals surface area (Å²) in [4.78, 5) is 24.9. The van der Waals surface area contributed by atoms with E-state index >= 15 is 0 Å². The van der Waals surface area contributed by atoms with Gasteiger partial charge in [-0.1, -0.05) is 23.7 Å². The number of nitrogens with one attached hydrogen (secondary N) is 1. The summed E-state index contributed by atoms with van der Waals surface area (Å²) in [5.41, 5.74) is 3.90. The maximum atomic E-state index is 13.4. The fourth-order valence-electron chi connectivity index (χ4n) is 4.81. The highest BCUT2D eigenvalue weighted by Gasteiger charge is 2.21. The van der Waals surface area contributed by atoms with Gasteiger partial charge in [0.25, 0.3) is 12.0 Å². The minimum absolute atomic E-state index is 0.226. The Morgan fingerprint density at radius 2 is 1.97 bits per heavy atom. The zero-order chi connectivity index (χ0) is 25.9. The molecular formula is C27H28ClF2N5O2. The smallest absolute Gasteiger partial charge is 0.251 e. The van der Waals surface area contributed by atoms with Gasteiger partial charge >= 0.3 is 0 Å². The van der Waals surface area contributed by atoms with Crippen molar-refractivity contribution in [3.8, 4) is 11.1 Å². The largest absolute Gasteiger partial charge is 0.378 e. The molecule has 0 saturated carbocycles. The quantitative estimate of drug-likeness (QED) is 0.361. The number of alkyl halides is 2. The number of likely N-dealkylation sites (N-methyl/N-ethyl adjacent to an activating group) is 1. The molecule has 0 unspecified atom stereocenters. The highest BCUT2D eigenvalue weighted by molar-refractivity contribution is 6.30. The van der Waals surface area contributed by atoms with Gasteiger partial charge in [-0.3, -0.25) is 9.69 Å². The molecule has 37 heavy (non-hydrogen) atoms. The van der Waals surface area contributed by atoms with Gasteiger partial charge in [-0.05, 0) is 42.4 Å². The standard InChI is InChI=1S/C27H28ClF2N5O2/c1-33(17-25(29)30)16-24(19-3-2-4-20(28)11-19)35-6-5-18(12-26(35)36)23-15-32-27-22(23)13-21(14-31-27)34-7-9-37-10-8-34/h2-6,11-15,24-25H,7-10,16-17H2,1H3,(H,31,32)/t24-/m1/s1. The van der Waals surface area contributed by atoms with Gasteiger partial charge in [0.2, 0.25) is 0 Å². The van der Waals surface area contributed by atoms with Crippen molar-refractivity contribution >= 4 is 28.3 Å². The van der Waals surface area contributed by atoms with Crippen molar-refractivity contribution in [3.05, 3.63) is 82.0 Å². The monoisotopic (exact) mass is 527 g/mol. The van der Waals surface area contributed by atoms with Crippen molar-refractivity contribution in [1.29, 1.82) is 0 Å². The van der Waals surface area contributed by atoms with Crippen molar-refractivity contribution in [1.82, 2.24) is 19.4 Å². The number of halogens is 3. The molecule has 0 spiro atoms. The third-order valence-electron chi connectivity index (χ3n) is 6.66. The van der Waals surface area contributed by atoms with Gasteiger partial charge in [0.05, 0.1) is 37.7 Å². The molecule has 3 aromatic heterocycles. The van der Waals surface area contributed by atoms with Crippen LogP contribution in [0, 0.1) is 0 Å². The number of ether oxygens (including phenoxy) is 1. The van der Waals surface area contributed by atoms with Crippen LogP contribution in [0.2, 0.25) is 5.02 Å². The zero-order valence-electron chi connectivity index (χ0n) is 20.4. The number of anilines is 1. The minimum Gasteiger partial charge on any atom is -0.378 e. The van der Waals surface area contributed by atoms with Gasteiger partial charge in [0.15, 0.2) is 0 Å². The van der Waals surface area contributed by atoms with Crippen LogP contribution >= 0.6 is 11.6 Å². The van der Waals surface area contributed by atoms with E-state index in [2.05, 4.69) is 20.9 Å². The zero-order valence-corrected chi connectivity index (χ0v) is 21.2. The lowest BCUT2D eigenvalue weighted by atomic mass is 10.0. The summed E-state index contributed by atoms with van der Waals surface area (Å²) in [6, 6.07) is 12.2. The third-order valence-corrected chi connectivity index (χ3v) is 6.89. The summed E-state index contributed by atoms with van der Waals surface area (Å²) in [7, 11) is 1.62. The number of fused-ring (bicyclic) bond motifs is 1. The van der Waals surface area contributed by atoms with Crippen LogP contribution in [0.5, 0.6) is 0 Å². The third kappa shape index (κ3) is 5.69. The number of nitrogens with zero attached hydrogens (tertiary/aromatic N) is 4. The Morgan fingerprint density at radius 3 is 2.70 bits per heavy atom. The number of hydrogen-bond acceptors (Lipinski definition) is 5. The fourth-order valence-corrected chi connectivity index (χ4v) is 5.01. The van der Waals surface area contributed by atoms with E-state index in [0.717, 1.165) is 46.5 Å². The molecular weight excluding hydrogens is 500 g/mol. The first kappa shape index (κ1) is 25.4.